The standard InChI is InChI=1S/C18H28BrN3/c1-2-3-4-5-6-7-8-9-10-15-18(19)22-20-16-13-11-12-14-17(16)21-22/h11-14,18H,2-10,15H2,1H3. The van der Waals surface area contributed by atoms with Gasteiger partial charge in [0, 0.05) is 0 Å². The van der Waals surface area contributed by atoms with Crippen LogP contribution >= 0.6 is 15.9 Å². The highest BCUT2D eigenvalue weighted by molar-refractivity contribution is 9.09. The SMILES string of the molecule is CCCCCCCCCCCC(Br)n1nc2ccccc2n1. The van der Waals surface area contributed by atoms with E-state index in [0.29, 0.717) is 0 Å². The van der Waals surface area contributed by atoms with Crippen LogP contribution in [0.5, 0.6) is 0 Å². The molecule has 2 aromatic rings. The third kappa shape index (κ3) is 5.71. The summed E-state index contributed by atoms with van der Waals surface area (Å²) in [6.07, 6.45) is 13.4. The maximum atomic E-state index is 4.53. The molecular formula is C18H28BrN3. The number of unbranched alkanes of at least 4 members (excludes halogenated alkanes) is 8. The number of nitrogens with zero attached hydrogens (tertiary/aromatic N) is 3. The lowest BCUT2D eigenvalue weighted by molar-refractivity contribution is 0.479. The molecule has 22 heavy (non-hydrogen) atoms. The lowest BCUT2D eigenvalue weighted by Gasteiger charge is -2.08. The molecule has 1 atom stereocenters. The van der Waals surface area contributed by atoms with Gasteiger partial charge in [0.15, 0.2) is 0 Å². The van der Waals surface area contributed by atoms with Gasteiger partial charge in [-0.1, -0.05) is 92.8 Å². The van der Waals surface area contributed by atoms with Crippen LogP contribution in [0.3, 0.4) is 0 Å². The Labute approximate surface area is 142 Å². The molecule has 0 N–H and O–H groups in total. The molecule has 0 spiro atoms. The number of fused-ring (bicyclic) bond motifs is 1. The van der Waals surface area contributed by atoms with Crippen molar-refractivity contribution in [3.8, 4) is 0 Å². The van der Waals surface area contributed by atoms with Gasteiger partial charge in [0.2, 0.25) is 0 Å². The minimum atomic E-state index is 0.212. The third-order valence-electron chi connectivity index (χ3n) is 4.10. The minimum Gasteiger partial charge on any atom is -0.170 e. The van der Waals surface area contributed by atoms with E-state index >= 15 is 0 Å². The molecule has 0 aliphatic rings. The van der Waals surface area contributed by atoms with Gasteiger partial charge in [-0.25, -0.2) is 0 Å². The summed E-state index contributed by atoms with van der Waals surface area (Å²) in [4.78, 5) is 2.03. The van der Waals surface area contributed by atoms with E-state index in [1.165, 1.54) is 57.8 Å². The van der Waals surface area contributed by atoms with Crippen LogP contribution in [0.1, 0.15) is 76.1 Å². The van der Waals surface area contributed by atoms with Crippen molar-refractivity contribution in [3.63, 3.8) is 0 Å². The lowest BCUT2D eigenvalue weighted by Crippen LogP contribution is -2.05. The van der Waals surface area contributed by atoms with E-state index in [9.17, 15) is 0 Å². The van der Waals surface area contributed by atoms with E-state index in [0.717, 1.165) is 17.5 Å². The Morgan fingerprint density at radius 2 is 1.36 bits per heavy atom. The van der Waals surface area contributed by atoms with Crippen LogP contribution in [0.15, 0.2) is 24.3 Å². The van der Waals surface area contributed by atoms with Crippen molar-refractivity contribution in [2.24, 2.45) is 0 Å². The van der Waals surface area contributed by atoms with Crippen LogP contribution < -0.4 is 0 Å². The van der Waals surface area contributed by atoms with Crippen LogP contribution in [0.4, 0.5) is 0 Å². The highest BCUT2D eigenvalue weighted by atomic mass is 79.9. The number of benzene rings is 1. The fourth-order valence-electron chi connectivity index (χ4n) is 2.74. The molecule has 0 aliphatic heterocycles. The van der Waals surface area contributed by atoms with Gasteiger partial charge in [-0.05, 0) is 18.6 Å². The van der Waals surface area contributed by atoms with Crippen molar-refractivity contribution in [1.29, 1.82) is 0 Å². The quantitative estimate of drug-likeness (QED) is 0.348. The maximum absolute atomic E-state index is 4.53. The van der Waals surface area contributed by atoms with Crippen LogP contribution in [-0.4, -0.2) is 15.0 Å². The van der Waals surface area contributed by atoms with E-state index in [4.69, 9.17) is 0 Å². The van der Waals surface area contributed by atoms with Gasteiger partial charge in [-0.2, -0.15) is 15.0 Å². The summed E-state index contributed by atoms with van der Waals surface area (Å²) in [6, 6.07) is 8.03. The van der Waals surface area contributed by atoms with E-state index in [2.05, 4.69) is 33.1 Å². The Balaban J connectivity index is 1.58. The molecule has 0 bridgehead atoms. The summed E-state index contributed by atoms with van der Waals surface area (Å²) in [6.45, 7) is 2.27. The van der Waals surface area contributed by atoms with Crippen molar-refractivity contribution in [1.82, 2.24) is 15.0 Å². The van der Waals surface area contributed by atoms with Crippen LogP contribution in [-0.2, 0) is 0 Å². The van der Waals surface area contributed by atoms with Crippen molar-refractivity contribution < 1.29 is 0 Å². The van der Waals surface area contributed by atoms with Gasteiger partial charge in [0.25, 0.3) is 0 Å². The fraction of sp³-hybridized carbons (Fsp3) is 0.667. The summed E-state index contributed by atoms with van der Waals surface area (Å²) in [7, 11) is 0. The van der Waals surface area contributed by atoms with Gasteiger partial charge in [0.1, 0.15) is 16.0 Å². The van der Waals surface area contributed by atoms with E-state index in [1.807, 2.05) is 29.1 Å². The largest absolute Gasteiger partial charge is 0.170 e. The predicted octanol–water partition coefficient (Wildman–Crippen LogP) is 6.25. The summed E-state index contributed by atoms with van der Waals surface area (Å²) >= 11 is 3.71. The Kier molecular flexibility index (Phi) is 7.92. The summed E-state index contributed by atoms with van der Waals surface area (Å²) in [5.74, 6) is 0. The van der Waals surface area contributed by atoms with Gasteiger partial charge in [-0.15, -0.1) is 0 Å². The van der Waals surface area contributed by atoms with E-state index in [1.54, 1.807) is 0 Å². The Bertz CT molecular complexity index is 505. The fourth-order valence-corrected chi connectivity index (χ4v) is 3.25. The number of rotatable bonds is 11. The van der Waals surface area contributed by atoms with Crippen molar-refractivity contribution in [2.45, 2.75) is 76.1 Å². The van der Waals surface area contributed by atoms with Gasteiger partial charge < -0.3 is 0 Å². The average Bonchev–Trinajstić information content (AvgIpc) is 2.97. The van der Waals surface area contributed by atoms with E-state index in [-0.39, 0.29) is 4.95 Å². The number of hydrogen-bond donors (Lipinski definition) is 0. The molecule has 1 aromatic heterocycles. The van der Waals surface area contributed by atoms with Crippen LogP contribution in [0.2, 0.25) is 0 Å². The molecule has 0 saturated carbocycles. The third-order valence-corrected chi connectivity index (χ3v) is 4.92. The number of aromatic nitrogens is 3. The zero-order valence-corrected chi connectivity index (χ0v) is 15.3. The van der Waals surface area contributed by atoms with Gasteiger partial charge in [0.05, 0.1) is 0 Å². The number of hydrogen-bond acceptors (Lipinski definition) is 2. The van der Waals surface area contributed by atoms with Crippen LogP contribution in [0.25, 0.3) is 11.0 Å². The average molecular weight is 366 g/mol. The second-order valence-corrected chi connectivity index (χ2v) is 7.12. The summed E-state index contributed by atoms with van der Waals surface area (Å²) < 4.78 is 0. The zero-order chi connectivity index (χ0) is 15.6. The van der Waals surface area contributed by atoms with Crippen molar-refractivity contribution >= 4 is 27.0 Å². The monoisotopic (exact) mass is 365 g/mol. The maximum Gasteiger partial charge on any atom is 0.126 e. The molecule has 122 valence electrons. The second kappa shape index (κ2) is 9.98. The Hall–Kier alpha value is -0.900. The zero-order valence-electron chi connectivity index (χ0n) is 13.7. The Morgan fingerprint density at radius 1 is 0.864 bits per heavy atom. The topological polar surface area (TPSA) is 30.7 Å². The van der Waals surface area contributed by atoms with Gasteiger partial charge in [-0.3, -0.25) is 0 Å². The minimum absolute atomic E-state index is 0.212. The first-order valence-electron chi connectivity index (χ1n) is 8.77. The molecule has 0 radical (unpaired) electrons. The van der Waals surface area contributed by atoms with Crippen molar-refractivity contribution in [2.75, 3.05) is 0 Å². The highest BCUT2D eigenvalue weighted by Gasteiger charge is 2.10. The number of halogens is 1. The smallest absolute Gasteiger partial charge is 0.126 e. The molecule has 4 heteroatoms. The lowest BCUT2D eigenvalue weighted by atomic mass is 10.1. The van der Waals surface area contributed by atoms with Gasteiger partial charge >= 0.3 is 0 Å². The van der Waals surface area contributed by atoms with E-state index < -0.39 is 0 Å². The molecule has 0 aliphatic carbocycles. The van der Waals surface area contributed by atoms with Crippen molar-refractivity contribution in [3.05, 3.63) is 24.3 Å². The predicted molar refractivity (Wildman–Crippen MR) is 97.3 cm³/mol. The molecule has 0 saturated heterocycles. The second-order valence-electron chi connectivity index (χ2n) is 6.06. The first-order valence-corrected chi connectivity index (χ1v) is 9.68. The highest BCUT2D eigenvalue weighted by Crippen LogP contribution is 2.23. The molecule has 1 heterocycles. The Morgan fingerprint density at radius 3 is 1.91 bits per heavy atom. The summed E-state index contributed by atoms with van der Waals surface area (Å²) in [5.41, 5.74) is 1.94. The first kappa shape index (κ1) is 17.5. The molecule has 2 rings (SSSR count). The number of alkyl halides is 1. The molecular weight excluding hydrogens is 338 g/mol. The normalized spacial score (nSPS) is 12.8. The van der Waals surface area contributed by atoms with Crippen LogP contribution in [0, 0.1) is 0 Å². The first-order chi connectivity index (χ1) is 10.8. The molecule has 3 nitrogen and oxygen atoms in total. The molecule has 1 aromatic carbocycles. The molecule has 0 amide bonds. The summed E-state index contributed by atoms with van der Waals surface area (Å²) in [5, 5.41) is 9.06. The molecule has 0 fully saturated rings. The molecule has 1 unspecified atom stereocenters.